The molecule has 0 spiro atoms. The Morgan fingerprint density at radius 3 is 2.79 bits per heavy atom. The fraction of sp³-hybridized carbons (Fsp3) is 0.500. The molecule has 1 saturated heterocycles. The normalized spacial score (nSPS) is 28.8. The Hall–Kier alpha value is -2.22. The number of pyridine rings is 1. The maximum atomic E-state index is 12.7. The molecule has 0 radical (unpaired) electrons. The van der Waals surface area contributed by atoms with Gasteiger partial charge in [-0.05, 0) is 26.2 Å². The molecule has 1 N–H and O–H groups in total. The lowest BCUT2D eigenvalue weighted by Gasteiger charge is -2.24. The summed E-state index contributed by atoms with van der Waals surface area (Å²) < 4.78 is 37.1. The molecule has 2 atom stereocenters. The van der Waals surface area contributed by atoms with E-state index in [1.807, 2.05) is 0 Å². The molecule has 2 aromatic rings. The van der Waals surface area contributed by atoms with Gasteiger partial charge < -0.3 is 19.0 Å². The Morgan fingerprint density at radius 2 is 2.25 bits per heavy atom. The highest BCUT2D eigenvalue weighted by Crippen LogP contribution is 2.53. The van der Waals surface area contributed by atoms with E-state index in [9.17, 15) is 13.6 Å². The van der Waals surface area contributed by atoms with Crippen LogP contribution in [0.5, 0.6) is 5.75 Å². The molecule has 2 aromatic heterocycles. The van der Waals surface area contributed by atoms with E-state index >= 15 is 0 Å². The van der Waals surface area contributed by atoms with Crippen LogP contribution in [0.4, 0.5) is 8.78 Å². The fourth-order valence-corrected chi connectivity index (χ4v) is 3.87. The zero-order valence-corrected chi connectivity index (χ0v) is 13.0. The van der Waals surface area contributed by atoms with Gasteiger partial charge in [-0.1, -0.05) is 0 Å². The van der Waals surface area contributed by atoms with Crippen LogP contribution < -0.4 is 4.74 Å². The quantitative estimate of drug-likeness (QED) is 0.928. The third kappa shape index (κ3) is 2.24. The summed E-state index contributed by atoms with van der Waals surface area (Å²) in [5.41, 5.74) is 0.366. The molecule has 2 aliphatic rings. The third-order valence-corrected chi connectivity index (χ3v) is 5.07. The van der Waals surface area contributed by atoms with Gasteiger partial charge in [0.25, 0.3) is 0 Å². The Morgan fingerprint density at radius 1 is 1.46 bits per heavy atom. The summed E-state index contributed by atoms with van der Waals surface area (Å²) in [6, 6.07) is 1.07. The Kier molecular flexibility index (Phi) is 3.12. The number of imidazole rings is 1. The number of aromatic carboxylic acids is 1. The summed E-state index contributed by atoms with van der Waals surface area (Å²) >= 11 is 0. The van der Waals surface area contributed by atoms with E-state index in [4.69, 9.17) is 9.84 Å². The monoisotopic (exact) mass is 338 g/mol. The van der Waals surface area contributed by atoms with Crippen LogP contribution in [0.2, 0.25) is 0 Å². The first-order chi connectivity index (χ1) is 11.3. The Balaban J connectivity index is 1.84. The number of hydrogen-bond acceptors (Lipinski definition) is 4. The number of alkyl halides is 2. The van der Waals surface area contributed by atoms with Gasteiger partial charge in [0.1, 0.15) is 0 Å². The second-order valence-corrected chi connectivity index (χ2v) is 6.83. The van der Waals surface area contributed by atoms with E-state index < -0.39 is 12.6 Å². The molecule has 6 nitrogen and oxygen atoms in total. The van der Waals surface area contributed by atoms with Crippen LogP contribution in [0.1, 0.15) is 42.2 Å². The molecular formula is C16H16F2N2O4. The molecule has 0 amide bonds. The first-order valence-electron chi connectivity index (χ1n) is 7.66. The van der Waals surface area contributed by atoms with Crippen LogP contribution in [0.3, 0.4) is 0 Å². The molecule has 4 rings (SSSR count). The van der Waals surface area contributed by atoms with Gasteiger partial charge in [-0.3, -0.25) is 0 Å². The molecule has 1 saturated carbocycles. The lowest BCUT2D eigenvalue weighted by molar-refractivity contribution is -0.0492. The van der Waals surface area contributed by atoms with Crippen molar-refractivity contribution in [1.29, 1.82) is 0 Å². The van der Waals surface area contributed by atoms with Crippen LogP contribution >= 0.6 is 0 Å². The highest BCUT2D eigenvalue weighted by molar-refractivity contribution is 5.88. The number of ether oxygens (including phenoxy) is 2. The van der Waals surface area contributed by atoms with Crippen molar-refractivity contribution in [3.05, 3.63) is 29.7 Å². The Bertz CT molecular complexity index is 825. The zero-order valence-electron chi connectivity index (χ0n) is 13.0. The summed E-state index contributed by atoms with van der Waals surface area (Å²) in [5, 5.41) is 9.16. The predicted molar refractivity (Wildman–Crippen MR) is 78.7 cm³/mol. The predicted octanol–water partition coefficient (Wildman–Crippen LogP) is 2.84. The van der Waals surface area contributed by atoms with Crippen molar-refractivity contribution in [3.8, 4) is 5.75 Å². The van der Waals surface area contributed by atoms with Gasteiger partial charge in [0, 0.05) is 23.9 Å². The van der Waals surface area contributed by atoms with E-state index in [2.05, 4.69) is 16.6 Å². The fourth-order valence-electron chi connectivity index (χ4n) is 3.87. The number of carbonyl (C=O) groups is 1. The number of nitrogens with zero attached hydrogens (tertiary/aromatic N) is 2. The van der Waals surface area contributed by atoms with Gasteiger partial charge in [-0.15, -0.1) is 0 Å². The molecular weight excluding hydrogens is 322 g/mol. The van der Waals surface area contributed by atoms with Crippen LogP contribution in [-0.4, -0.2) is 39.3 Å². The van der Waals surface area contributed by atoms with Crippen molar-refractivity contribution in [2.75, 3.05) is 6.61 Å². The Labute approximate surface area is 136 Å². The minimum atomic E-state index is -3.05. The number of aromatic nitrogens is 2. The van der Waals surface area contributed by atoms with Gasteiger partial charge >= 0.3 is 12.6 Å². The topological polar surface area (TPSA) is 73.1 Å². The molecule has 2 fully saturated rings. The number of carboxylic acid groups (broad SMARTS) is 1. The van der Waals surface area contributed by atoms with Crippen LogP contribution in [0.25, 0.3) is 5.65 Å². The van der Waals surface area contributed by atoms with Crippen molar-refractivity contribution in [3.63, 3.8) is 0 Å². The number of fused-ring (bicyclic) bond motifs is 3. The van der Waals surface area contributed by atoms with E-state index in [0.717, 1.165) is 31.0 Å². The number of rotatable bonds is 4. The lowest BCUT2D eigenvalue weighted by atomic mass is 9.84. The van der Waals surface area contributed by atoms with E-state index in [1.165, 1.54) is 10.6 Å². The van der Waals surface area contributed by atoms with Crippen LogP contribution in [0, 0.1) is 0 Å². The SMILES string of the molecule is CC12CCC(c3cn4cc(C(=O)O)cc(OC(F)F)c4n3)(CO1)C2. The van der Waals surface area contributed by atoms with Crippen molar-refractivity contribution in [2.24, 2.45) is 0 Å². The zero-order chi connectivity index (χ0) is 17.1. The van der Waals surface area contributed by atoms with Crippen molar-refractivity contribution < 1.29 is 28.2 Å². The smallest absolute Gasteiger partial charge is 0.387 e. The molecule has 1 aliphatic carbocycles. The summed E-state index contributed by atoms with van der Waals surface area (Å²) in [6.07, 6.45) is 5.69. The van der Waals surface area contributed by atoms with E-state index in [1.54, 1.807) is 6.20 Å². The van der Waals surface area contributed by atoms with Gasteiger partial charge in [0.05, 0.1) is 23.5 Å². The highest BCUT2D eigenvalue weighted by Gasteiger charge is 2.55. The average Bonchev–Trinajstić information content (AvgIpc) is 3.16. The van der Waals surface area contributed by atoms with Crippen molar-refractivity contribution in [1.82, 2.24) is 9.38 Å². The van der Waals surface area contributed by atoms with Crippen molar-refractivity contribution in [2.45, 2.75) is 43.8 Å². The second-order valence-electron chi connectivity index (χ2n) is 6.83. The number of halogens is 2. The maximum absolute atomic E-state index is 12.7. The summed E-state index contributed by atoms with van der Waals surface area (Å²) in [6.45, 7) is -0.462. The highest BCUT2D eigenvalue weighted by atomic mass is 19.3. The van der Waals surface area contributed by atoms with Gasteiger partial charge in [0.2, 0.25) is 0 Å². The summed E-state index contributed by atoms with van der Waals surface area (Å²) in [7, 11) is 0. The molecule has 8 heteroatoms. The van der Waals surface area contributed by atoms with Gasteiger partial charge in [-0.2, -0.15) is 8.78 Å². The number of hydrogen-bond donors (Lipinski definition) is 1. The van der Waals surface area contributed by atoms with Crippen LogP contribution in [0.15, 0.2) is 18.5 Å². The molecule has 2 unspecified atom stereocenters. The molecule has 128 valence electrons. The standard InChI is InChI=1S/C16H16F2N2O4/c1-15-2-3-16(7-15,8-23-15)11-6-20-5-9(13(21)22)4-10(12(20)19-11)24-14(17)18/h4-6,14H,2-3,7-8H2,1H3,(H,21,22). The minimum Gasteiger partial charge on any atom is -0.478 e. The summed E-state index contributed by atoms with van der Waals surface area (Å²) in [5.74, 6) is -1.46. The molecule has 2 bridgehead atoms. The third-order valence-electron chi connectivity index (χ3n) is 5.07. The maximum Gasteiger partial charge on any atom is 0.387 e. The molecule has 3 heterocycles. The summed E-state index contributed by atoms with van der Waals surface area (Å²) in [4.78, 5) is 15.7. The average molecular weight is 338 g/mol. The minimum absolute atomic E-state index is 0.140. The van der Waals surface area contributed by atoms with Crippen LogP contribution in [-0.2, 0) is 10.2 Å². The molecule has 0 aromatic carbocycles. The second kappa shape index (κ2) is 4.89. The van der Waals surface area contributed by atoms with E-state index in [0.29, 0.717) is 6.61 Å². The van der Waals surface area contributed by atoms with Crippen molar-refractivity contribution >= 4 is 11.6 Å². The largest absolute Gasteiger partial charge is 0.478 e. The molecule has 1 aliphatic heterocycles. The van der Waals surface area contributed by atoms with E-state index in [-0.39, 0.29) is 28.0 Å². The number of carboxylic acids is 1. The lowest BCUT2D eigenvalue weighted by Crippen LogP contribution is -2.26. The van der Waals surface area contributed by atoms with Gasteiger partial charge in [0.15, 0.2) is 11.4 Å². The first-order valence-corrected chi connectivity index (χ1v) is 7.66. The first kappa shape index (κ1) is 15.3. The van der Waals surface area contributed by atoms with Gasteiger partial charge in [-0.25, -0.2) is 9.78 Å². The molecule has 24 heavy (non-hydrogen) atoms.